The summed E-state index contributed by atoms with van der Waals surface area (Å²) < 4.78 is 8.91. The van der Waals surface area contributed by atoms with Gasteiger partial charge in [0.05, 0.1) is 18.5 Å². The fourth-order valence-electron chi connectivity index (χ4n) is 3.42. The van der Waals surface area contributed by atoms with Gasteiger partial charge in [-0.1, -0.05) is 23.7 Å². The highest BCUT2D eigenvalue weighted by atomic mass is 79.9. The summed E-state index contributed by atoms with van der Waals surface area (Å²) in [5, 5.41) is 10.9. The second-order valence-corrected chi connectivity index (χ2v) is 8.18. The summed E-state index contributed by atoms with van der Waals surface area (Å²) in [6.45, 7) is 5.02. The van der Waals surface area contributed by atoms with Crippen LogP contribution in [0.1, 0.15) is 29.5 Å². The Labute approximate surface area is 178 Å². The Hall–Kier alpha value is -1.98. The number of aryl methyl sites for hydroxylation is 4. The molecule has 0 saturated heterocycles. The number of rotatable bonds is 8. The molecule has 0 unspecified atom stereocenters. The minimum atomic E-state index is -0.794. The number of hydrogen-bond donors (Lipinski definition) is 1. The third-order valence-corrected chi connectivity index (χ3v) is 6.00. The molecule has 28 heavy (non-hydrogen) atoms. The molecule has 0 aliphatic carbocycles. The van der Waals surface area contributed by atoms with Gasteiger partial charge in [-0.15, -0.1) is 0 Å². The molecule has 4 nitrogen and oxygen atoms in total. The van der Waals surface area contributed by atoms with Crippen LogP contribution in [0.25, 0.3) is 10.9 Å². The van der Waals surface area contributed by atoms with E-state index in [1.54, 1.807) is 0 Å². The molecule has 1 aromatic heterocycles. The van der Waals surface area contributed by atoms with E-state index in [9.17, 15) is 4.79 Å². The third-order valence-electron chi connectivity index (χ3n) is 4.77. The largest absolute Gasteiger partial charge is 0.494 e. The summed E-state index contributed by atoms with van der Waals surface area (Å²) in [6, 6.07) is 10.00. The molecule has 3 rings (SSSR count). The van der Waals surface area contributed by atoms with Gasteiger partial charge < -0.3 is 14.4 Å². The second kappa shape index (κ2) is 9.01. The number of carboxylic acids is 1. The Balaban J connectivity index is 1.69. The lowest BCUT2D eigenvalue weighted by molar-refractivity contribution is -0.137. The van der Waals surface area contributed by atoms with Gasteiger partial charge in [0.15, 0.2) is 0 Å². The van der Waals surface area contributed by atoms with E-state index in [1.165, 1.54) is 5.56 Å². The van der Waals surface area contributed by atoms with Crippen LogP contribution in [0.4, 0.5) is 0 Å². The molecule has 1 N–H and O–H groups in total. The number of para-hydroxylation sites is 1. The maximum atomic E-state index is 11.0. The van der Waals surface area contributed by atoms with Crippen molar-refractivity contribution in [1.82, 2.24) is 4.57 Å². The van der Waals surface area contributed by atoms with Gasteiger partial charge in [-0.05, 0) is 77.5 Å². The van der Waals surface area contributed by atoms with Gasteiger partial charge in [0.1, 0.15) is 5.75 Å². The smallest absolute Gasteiger partial charge is 0.305 e. The van der Waals surface area contributed by atoms with E-state index in [0.717, 1.165) is 50.1 Å². The van der Waals surface area contributed by atoms with Crippen molar-refractivity contribution in [3.63, 3.8) is 0 Å². The Morgan fingerprint density at radius 1 is 1.25 bits per heavy atom. The quantitative estimate of drug-likeness (QED) is 0.406. The molecule has 0 atom stereocenters. The standard InChI is InChI=1S/C22H23BrClNO3/c1-14-11-17(12-15(2)21(14)24)28-10-4-5-16-13-25(9-8-20(26)27)22-18(16)6-3-7-19(22)23/h3,6-7,11-13H,4-5,8-10H2,1-2H3,(H,26,27). The van der Waals surface area contributed by atoms with E-state index in [1.807, 2.05) is 42.7 Å². The van der Waals surface area contributed by atoms with Crippen LogP contribution in [0, 0.1) is 13.8 Å². The number of hydrogen-bond acceptors (Lipinski definition) is 2. The Morgan fingerprint density at radius 3 is 2.64 bits per heavy atom. The van der Waals surface area contributed by atoms with Gasteiger partial charge in [0.2, 0.25) is 0 Å². The van der Waals surface area contributed by atoms with Gasteiger partial charge in [-0.2, -0.15) is 0 Å². The molecule has 3 aromatic rings. The fourth-order valence-corrected chi connectivity index (χ4v) is 4.13. The van der Waals surface area contributed by atoms with Crippen molar-refractivity contribution < 1.29 is 14.6 Å². The molecule has 148 valence electrons. The zero-order valence-electron chi connectivity index (χ0n) is 16.0. The first-order valence-electron chi connectivity index (χ1n) is 9.24. The molecule has 6 heteroatoms. The molecule has 0 spiro atoms. The van der Waals surface area contributed by atoms with Crippen LogP contribution < -0.4 is 4.74 Å². The highest BCUT2D eigenvalue weighted by molar-refractivity contribution is 9.10. The average molecular weight is 465 g/mol. The topological polar surface area (TPSA) is 51.5 Å². The van der Waals surface area contributed by atoms with Crippen LogP contribution in [-0.2, 0) is 17.8 Å². The summed E-state index contributed by atoms with van der Waals surface area (Å²) >= 11 is 9.80. The number of halogens is 2. The van der Waals surface area contributed by atoms with Crippen LogP contribution in [0.5, 0.6) is 5.75 Å². The Kier molecular flexibility index (Phi) is 6.68. The van der Waals surface area contributed by atoms with Gasteiger partial charge in [0, 0.05) is 27.6 Å². The Morgan fingerprint density at radius 2 is 1.96 bits per heavy atom. The van der Waals surface area contributed by atoms with Crippen LogP contribution in [0.3, 0.4) is 0 Å². The van der Waals surface area contributed by atoms with Crippen molar-refractivity contribution in [2.75, 3.05) is 6.61 Å². The van der Waals surface area contributed by atoms with Crippen LogP contribution in [0.2, 0.25) is 5.02 Å². The minimum Gasteiger partial charge on any atom is -0.494 e. The maximum absolute atomic E-state index is 11.0. The lowest BCUT2D eigenvalue weighted by Crippen LogP contribution is -2.03. The summed E-state index contributed by atoms with van der Waals surface area (Å²) in [6.07, 6.45) is 3.89. The summed E-state index contributed by atoms with van der Waals surface area (Å²) in [4.78, 5) is 11.0. The first-order valence-corrected chi connectivity index (χ1v) is 10.4. The summed E-state index contributed by atoms with van der Waals surface area (Å²) in [7, 11) is 0. The average Bonchev–Trinajstić information content (AvgIpc) is 3.00. The molecule has 0 radical (unpaired) electrons. The minimum absolute atomic E-state index is 0.100. The molecule has 1 heterocycles. The van der Waals surface area contributed by atoms with Gasteiger partial charge in [-0.25, -0.2) is 0 Å². The summed E-state index contributed by atoms with van der Waals surface area (Å²) in [5.74, 6) is 0.0448. The first-order chi connectivity index (χ1) is 13.4. The van der Waals surface area contributed by atoms with Crippen molar-refractivity contribution in [3.05, 3.63) is 62.7 Å². The monoisotopic (exact) mass is 463 g/mol. The number of nitrogens with zero attached hydrogens (tertiary/aromatic N) is 1. The van der Waals surface area contributed by atoms with E-state index in [4.69, 9.17) is 21.4 Å². The number of ether oxygens (including phenoxy) is 1. The third kappa shape index (κ3) is 4.70. The van der Waals surface area contributed by atoms with Crippen molar-refractivity contribution >= 4 is 44.4 Å². The van der Waals surface area contributed by atoms with Crippen LogP contribution >= 0.6 is 27.5 Å². The molecule has 0 bridgehead atoms. The predicted molar refractivity (Wildman–Crippen MR) is 117 cm³/mol. The lowest BCUT2D eigenvalue weighted by Gasteiger charge is -2.10. The van der Waals surface area contributed by atoms with Crippen molar-refractivity contribution in [1.29, 1.82) is 0 Å². The number of benzene rings is 2. The van der Waals surface area contributed by atoms with Crippen molar-refractivity contribution in [3.8, 4) is 5.75 Å². The molecule has 0 aliphatic heterocycles. The lowest BCUT2D eigenvalue weighted by atomic mass is 10.1. The molecule has 2 aromatic carbocycles. The number of carbonyl (C=O) groups is 1. The number of aliphatic carboxylic acids is 1. The van der Waals surface area contributed by atoms with Crippen molar-refractivity contribution in [2.45, 2.75) is 39.7 Å². The second-order valence-electron chi connectivity index (χ2n) is 6.95. The zero-order valence-corrected chi connectivity index (χ0v) is 18.3. The summed E-state index contributed by atoms with van der Waals surface area (Å²) in [5.41, 5.74) is 4.28. The molecule has 0 aliphatic rings. The molecule has 0 amide bonds. The Bertz CT molecular complexity index is 989. The SMILES string of the molecule is Cc1cc(OCCCc2cn(CCC(=O)O)c3c(Br)cccc23)cc(C)c1Cl. The number of carboxylic acid groups (broad SMARTS) is 1. The van der Waals surface area contributed by atoms with Gasteiger partial charge in [0.25, 0.3) is 0 Å². The first kappa shape index (κ1) is 20.7. The van der Waals surface area contributed by atoms with Crippen LogP contribution in [-0.4, -0.2) is 22.2 Å². The molecular weight excluding hydrogens is 442 g/mol. The highest BCUT2D eigenvalue weighted by Crippen LogP contribution is 2.30. The van der Waals surface area contributed by atoms with Crippen molar-refractivity contribution in [2.24, 2.45) is 0 Å². The predicted octanol–water partition coefficient (Wildman–Crippen LogP) is 6.16. The number of fused-ring (bicyclic) bond motifs is 1. The number of aromatic nitrogens is 1. The van der Waals surface area contributed by atoms with Crippen LogP contribution in [0.15, 0.2) is 41.0 Å². The fraction of sp³-hybridized carbons (Fsp3) is 0.318. The zero-order chi connectivity index (χ0) is 20.3. The van der Waals surface area contributed by atoms with Gasteiger partial charge >= 0.3 is 5.97 Å². The molecule has 0 saturated carbocycles. The molecule has 0 fully saturated rings. The molecular formula is C22H23BrClNO3. The maximum Gasteiger partial charge on any atom is 0.305 e. The van der Waals surface area contributed by atoms with Gasteiger partial charge in [-0.3, -0.25) is 4.79 Å². The van der Waals surface area contributed by atoms with E-state index in [2.05, 4.69) is 28.2 Å². The van der Waals surface area contributed by atoms with E-state index in [0.29, 0.717) is 13.2 Å². The van der Waals surface area contributed by atoms with E-state index < -0.39 is 5.97 Å². The normalized spacial score (nSPS) is 11.1. The van der Waals surface area contributed by atoms with E-state index in [-0.39, 0.29) is 6.42 Å². The highest BCUT2D eigenvalue weighted by Gasteiger charge is 2.12. The van der Waals surface area contributed by atoms with E-state index >= 15 is 0 Å².